The molecule has 1 amide bonds. The fraction of sp³-hybridized carbons (Fsp3) is 0.278. The summed E-state index contributed by atoms with van der Waals surface area (Å²) in [6, 6.07) is 18.7. The summed E-state index contributed by atoms with van der Waals surface area (Å²) in [4.78, 5) is 12.1. The second-order valence-electron chi connectivity index (χ2n) is 5.49. The van der Waals surface area contributed by atoms with Crippen molar-refractivity contribution in [1.29, 1.82) is 0 Å². The lowest BCUT2D eigenvalue weighted by atomic mass is 10.0. The average molecular weight is 312 g/mol. The maximum atomic E-state index is 12.1. The number of nitrogens with one attached hydrogen (secondary N) is 2. The second kappa shape index (κ2) is 6.99. The van der Waals surface area contributed by atoms with Crippen molar-refractivity contribution in [3.05, 3.63) is 60.2 Å². The SMILES string of the molecule is CC(NC(=O)C1CSCN1)c1ccc(-c2ccccc2)cc1. The summed E-state index contributed by atoms with van der Waals surface area (Å²) in [6.45, 7) is 2.03. The van der Waals surface area contributed by atoms with Gasteiger partial charge in [0.1, 0.15) is 0 Å². The third-order valence-electron chi connectivity index (χ3n) is 3.91. The van der Waals surface area contributed by atoms with E-state index >= 15 is 0 Å². The Labute approximate surface area is 135 Å². The van der Waals surface area contributed by atoms with Crippen LogP contribution in [0.4, 0.5) is 0 Å². The zero-order valence-corrected chi connectivity index (χ0v) is 13.4. The van der Waals surface area contributed by atoms with Crippen LogP contribution >= 0.6 is 11.8 Å². The van der Waals surface area contributed by atoms with Gasteiger partial charge in [-0.05, 0) is 23.6 Å². The van der Waals surface area contributed by atoms with Gasteiger partial charge in [-0.3, -0.25) is 10.1 Å². The first-order chi connectivity index (χ1) is 10.7. The molecule has 1 aliphatic rings. The molecule has 1 aliphatic heterocycles. The molecule has 1 heterocycles. The fourth-order valence-corrected chi connectivity index (χ4v) is 3.50. The van der Waals surface area contributed by atoms with Gasteiger partial charge in [-0.2, -0.15) is 0 Å². The highest BCUT2D eigenvalue weighted by Gasteiger charge is 2.23. The van der Waals surface area contributed by atoms with E-state index in [1.807, 2.05) is 25.1 Å². The van der Waals surface area contributed by atoms with E-state index in [1.165, 1.54) is 11.1 Å². The van der Waals surface area contributed by atoms with Crippen molar-refractivity contribution in [2.45, 2.75) is 19.0 Å². The molecule has 114 valence electrons. The highest BCUT2D eigenvalue weighted by atomic mass is 32.2. The molecule has 0 radical (unpaired) electrons. The first-order valence-electron chi connectivity index (χ1n) is 7.51. The molecule has 0 bridgehead atoms. The number of thioether (sulfide) groups is 1. The molecular weight excluding hydrogens is 292 g/mol. The predicted molar refractivity (Wildman–Crippen MR) is 92.7 cm³/mol. The van der Waals surface area contributed by atoms with Crippen molar-refractivity contribution in [2.75, 3.05) is 11.6 Å². The maximum absolute atomic E-state index is 12.1. The molecule has 1 saturated heterocycles. The van der Waals surface area contributed by atoms with Gasteiger partial charge >= 0.3 is 0 Å². The first-order valence-corrected chi connectivity index (χ1v) is 8.66. The van der Waals surface area contributed by atoms with Gasteiger partial charge in [-0.1, -0.05) is 54.6 Å². The Hall–Kier alpha value is -1.78. The van der Waals surface area contributed by atoms with Crippen LogP contribution in [0, 0.1) is 0 Å². The van der Waals surface area contributed by atoms with Gasteiger partial charge in [0.15, 0.2) is 0 Å². The van der Waals surface area contributed by atoms with Crippen LogP contribution in [0.3, 0.4) is 0 Å². The van der Waals surface area contributed by atoms with Crippen molar-refractivity contribution in [2.24, 2.45) is 0 Å². The summed E-state index contributed by atoms with van der Waals surface area (Å²) in [6.07, 6.45) is 0. The number of rotatable bonds is 4. The molecule has 1 fully saturated rings. The number of amides is 1. The summed E-state index contributed by atoms with van der Waals surface area (Å²) in [5.41, 5.74) is 3.52. The second-order valence-corrected chi connectivity index (χ2v) is 6.52. The number of carbonyl (C=O) groups is 1. The summed E-state index contributed by atoms with van der Waals surface area (Å²) in [5, 5.41) is 6.28. The number of carbonyl (C=O) groups excluding carboxylic acids is 1. The Bertz CT molecular complexity index is 621. The van der Waals surface area contributed by atoms with Crippen molar-refractivity contribution < 1.29 is 4.79 Å². The molecule has 2 unspecified atom stereocenters. The van der Waals surface area contributed by atoms with Gasteiger partial charge in [0.2, 0.25) is 5.91 Å². The van der Waals surface area contributed by atoms with Crippen molar-refractivity contribution >= 4 is 17.7 Å². The number of benzene rings is 2. The quantitative estimate of drug-likeness (QED) is 0.911. The highest BCUT2D eigenvalue weighted by molar-refractivity contribution is 7.99. The molecule has 22 heavy (non-hydrogen) atoms. The Morgan fingerprint density at radius 1 is 1.14 bits per heavy atom. The molecule has 0 aromatic heterocycles. The van der Waals surface area contributed by atoms with Crippen molar-refractivity contribution in [1.82, 2.24) is 10.6 Å². The van der Waals surface area contributed by atoms with E-state index < -0.39 is 0 Å². The van der Waals surface area contributed by atoms with E-state index in [2.05, 4.69) is 47.0 Å². The highest BCUT2D eigenvalue weighted by Crippen LogP contribution is 2.22. The molecule has 3 rings (SSSR count). The zero-order chi connectivity index (χ0) is 15.4. The molecular formula is C18H20N2OS. The first kappa shape index (κ1) is 15.1. The van der Waals surface area contributed by atoms with Crippen LogP contribution in [-0.4, -0.2) is 23.6 Å². The average Bonchev–Trinajstić information content (AvgIpc) is 3.10. The van der Waals surface area contributed by atoms with Gasteiger partial charge in [0, 0.05) is 11.6 Å². The van der Waals surface area contributed by atoms with Gasteiger partial charge in [-0.15, -0.1) is 11.8 Å². The maximum Gasteiger partial charge on any atom is 0.238 e. The van der Waals surface area contributed by atoms with Gasteiger partial charge in [-0.25, -0.2) is 0 Å². The summed E-state index contributed by atoms with van der Waals surface area (Å²) >= 11 is 1.76. The van der Waals surface area contributed by atoms with E-state index in [0.717, 1.165) is 17.2 Å². The minimum atomic E-state index is -0.0592. The lowest BCUT2D eigenvalue weighted by molar-refractivity contribution is -0.123. The van der Waals surface area contributed by atoms with E-state index in [4.69, 9.17) is 0 Å². The number of hydrogen-bond donors (Lipinski definition) is 2. The Kier molecular flexibility index (Phi) is 4.80. The molecule has 0 spiro atoms. The molecule has 3 nitrogen and oxygen atoms in total. The molecule has 0 aliphatic carbocycles. The van der Waals surface area contributed by atoms with Crippen LogP contribution in [0.1, 0.15) is 18.5 Å². The van der Waals surface area contributed by atoms with Crippen molar-refractivity contribution in [3.8, 4) is 11.1 Å². The summed E-state index contributed by atoms with van der Waals surface area (Å²) < 4.78 is 0. The van der Waals surface area contributed by atoms with Gasteiger partial charge < -0.3 is 5.32 Å². The smallest absolute Gasteiger partial charge is 0.238 e. The molecule has 2 aromatic carbocycles. The Balaban J connectivity index is 1.66. The zero-order valence-electron chi connectivity index (χ0n) is 12.6. The minimum absolute atomic E-state index is 0.0183. The van der Waals surface area contributed by atoms with Crippen LogP contribution in [-0.2, 0) is 4.79 Å². The summed E-state index contributed by atoms with van der Waals surface area (Å²) in [7, 11) is 0. The van der Waals surface area contributed by atoms with Crippen LogP contribution in [0.2, 0.25) is 0 Å². The lowest BCUT2D eigenvalue weighted by Crippen LogP contribution is -2.42. The lowest BCUT2D eigenvalue weighted by Gasteiger charge is -2.17. The van der Waals surface area contributed by atoms with Crippen LogP contribution in [0.5, 0.6) is 0 Å². The molecule has 0 saturated carbocycles. The van der Waals surface area contributed by atoms with Crippen LogP contribution < -0.4 is 10.6 Å². The Morgan fingerprint density at radius 3 is 2.45 bits per heavy atom. The van der Waals surface area contributed by atoms with E-state index in [9.17, 15) is 4.79 Å². The van der Waals surface area contributed by atoms with Crippen LogP contribution in [0.15, 0.2) is 54.6 Å². The van der Waals surface area contributed by atoms with E-state index in [-0.39, 0.29) is 18.0 Å². The van der Waals surface area contributed by atoms with Gasteiger partial charge in [0.25, 0.3) is 0 Å². The normalized spacial score (nSPS) is 18.9. The predicted octanol–water partition coefficient (Wildman–Crippen LogP) is 3.19. The van der Waals surface area contributed by atoms with Crippen molar-refractivity contribution in [3.63, 3.8) is 0 Å². The topological polar surface area (TPSA) is 41.1 Å². The monoisotopic (exact) mass is 312 g/mol. The van der Waals surface area contributed by atoms with Crippen LogP contribution in [0.25, 0.3) is 11.1 Å². The van der Waals surface area contributed by atoms with Gasteiger partial charge in [0.05, 0.1) is 12.1 Å². The standard InChI is InChI=1S/C18H20N2OS/c1-13(20-18(21)17-11-22-12-19-17)14-7-9-16(10-8-14)15-5-3-2-4-6-15/h2-10,13,17,19H,11-12H2,1H3,(H,20,21). The van der Waals surface area contributed by atoms with E-state index in [0.29, 0.717) is 0 Å². The molecule has 2 atom stereocenters. The number of hydrogen-bond acceptors (Lipinski definition) is 3. The van der Waals surface area contributed by atoms with E-state index in [1.54, 1.807) is 11.8 Å². The molecule has 4 heteroatoms. The Morgan fingerprint density at radius 2 is 1.82 bits per heavy atom. The summed E-state index contributed by atoms with van der Waals surface area (Å²) in [5.74, 6) is 1.80. The minimum Gasteiger partial charge on any atom is -0.348 e. The fourth-order valence-electron chi connectivity index (χ4n) is 2.56. The third kappa shape index (κ3) is 3.51. The largest absolute Gasteiger partial charge is 0.348 e. The molecule has 2 N–H and O–H groups in total. The molecule has 2 aromatic rings. The third-order valence-corrected chi connectivity index (χ3v) is 4.85.